The van der Waals surface area contributed by atoms with E-state index in [0.717, 1.165) is 19.4 Å². The number of benzene rings is 2. The number of amides is 1. The minimum atomic E-state index is -0.966. The lowest BCUT2D eigenvalue weighted by Gasteiger charge is -2.21. The molecule has 0 aromatic heterocycles. The van der Waals surface area contributed by atoms with Gasteiger partial charge in [-0.3, -0.25) is 4.79 Å². The molecule has 1 saturated heterocycles. The maximum absolute atomic E-state index is 13.3. The zero-order valence-corrected chi connectivity index (χ0v) is 17.2. The van der Waals surface area contributed by atoms with Crippen molar-refractivity contribution in [3.63, 3.8) is 0 Å². The Labute approximate surface area is 175 Å². The first-order valence-corrected chi connectivity index (χ1v) is 9.97. The first-order valence-electron chi connectivity index (χ1n) is 9.97. The van der Waals surface area contributed by atoms with E-state index in [4.69, 9.17) is 14.2 Å². The van der Waals surface area contributed by atoms with Crippen LogP contribution in [0.15, 0.2) is 48.5 Å². The Morgan fingerprint density at radius 2 is 2.00 bits per heavy atom. The highest BCUT2D eigenvalue weighted by Gasteiger charge is 2.22. The van der Waals surface area contributed by atoms with Gasteiger partial charge in [0.2, 0.25) is 0 Å². The second-order valence-electron chi connectivity index (χ2n) is 7.34. The van der Waals surface area contributed by atoms with Gasteiger partial charge in [-0.2, -0.15) is 0 Å². The number of ether oxygens (including phenoxy) is 3. The molecule has 7 heteroatoms. The van der Waals surface area contributed by atoms with E-state index in [1.807, 2.05) is 0 Å². The molecule has 0 aliphatic carbocycles. The number of hydrogen-bond acceptors (Lipinski definition) is 5. The highest BCUT2D eigenvalue weighted by atomic mass is 19.1. The molecule has 1 amide bonds. The molecule has 2 aromatic rings. The molecule has 2 aromatic carbocycles. The number of esters is 1. The standard InChI is InChI=1S/C23H26FNO5/c1-16(22(26)25(2)14-17-5-3-6-19(24)13-17)30-23(27)18-8-10-20(11-9-18)29-15-21-7-4-12-28-21/h3,5-6,8-11,13,16,21H,4,7,12,14-15H2,1-2H3/t16-,21-/m1/s1. The third kappa shape index (κ3) is 6.03. The van der Waals surface area contributed by atoms with Crippen LogP contribution in [0.2, 0.25) is 0 Å². The number of halogens is 1. The minimum Gasteiger partial charge on any atom is -0.491 e. The van der Waals surface area contributed by atoms with Crippen molar-refractivity contribution >= 4 is 11.9 Å². The van der Waals surface area contributed by atoms with Crippen LogP contribution in [-0.2, 0) is 20.8 Å². The Morgan fingerprint density at radius 3 is 2.67 bits per heavy atom. The van der Waals surface area contributed by atoms with Gasteiger partial charge >= 0.3 is 5.97 Å². The Morgan fingerprint density at radius 1 is 1.23 bits per heavy atom. The SMILES string of the molecule is C[C@@H](OC(=O)c1ccc(OC[C@H]2CCCO2)cc1)C(=O)N(C)Cc1cccc(F)c1. The summed E-state index contributed by atoms with van der Waals surface area (Å²) in [4.78, 5) is 26.2. The normalized spacial score (nSPS) is 16.7. The fraction of sp³-hybridized carbons (Fsp3) is 0.391. The van der Waals surface area contributed by atoms with Crippen molar-refractivity contribution in [2.75, 3.05) is 20.3 Å². The lowest BCUT2D eigenvalue weighted by molar-refractivity contribution is -0.139. The van der Waals surface area contributed by atoms with Crippen molar-refractivity contribution in [3.05, 3.63) is 65.5 Å². The van der Waals surface area contributed by atoms with Gasteiger partial charge in [-0.1, -0.05) is 12.1 Å². The largest absolute Gasteiger partial charge is 0.491 e. The second kappa shape index (κ2) is 10.2. The molecule has 0 N–H and O–H groups in total. The van der Waals surface area contributed by atoms with Crippen molar-refractivity contribution in [1.29, 1.82) is 0 Å². The van der Waals surface area contributed by atoms with Gasteiger partial charge in [0.05, 0.1) is 11.7 Å². The number of hydrogen-bond donors (Lipinski definition) is 0. The fourth-order valence-electron chi connectivity index (χ4n) is 3.23. The molecule has 0 bridgehead atoms. The Kier molecular flexibility index (Phi) is 7.41. The van der Waals surface area contributed by atoms with Crippen molar-refractivity contribution in [2.45, 2.75) is 38.5 Å². The van der Waals surface area contributed by atoms with Gasteiger partial charge < -0.3 is 19.1 Å². The molecule has 0 unspecified atom stereocenters. The van der Waals surface area contributed by atoms with Crippen LogP contribution in [0.1, 0.15) is 35.7 Å². The van der Waals surface area contributed by atoms with Gasteiger partial charge in [0.1, 0.15) is 18.2 Å². The molecule has 1 aliphatic heterocycles. The summed E-state index contributed by atoms with van der Waals surface area (Å²) < 4.78 is 29.8. The molecule has 1 heterocycles. The Bertz CT molecular complexity index is 864. The molecule has 2 atom stereocenters. The van der Waals surface area contributed by atoms with Gasteiger partial charge in [0, 0.05) is 20.2 Å². The van der Waals surface area contributed by atoms with E-state index in [-0.39, 0.29) is 24.4 Å². The first kappa shape index (κ1) is 21.8. The fourth-order valence-corrected chi connectivity index (χ4v) is 3.23. The Balaban J connectivity index is 1.49. The van der Waals surface area contributed by atoms with E-state index in [1.165, 1.54) is 24.0 Å². The van der Waals surface area contributed by atoms with Crippen molar-refractivity contribution in [3.8, 4) is 5.75 Å². The summed E-state index contributed by atoms with van der Waals surface area (Å²) in [6.07, 6.45) is 1.19. The summed E-state index contributed by atoms with van der Waals surface area (Å²) in [6.45, 7) is 2.98. The Hall–Kier alpha value is -2.93. The predicted molar refractivity (Wildman–Crippen MR) is 109 cm³/mol. The summed E-state index contributed by atoms with van der Waals surface area (Å²) in [5.74, 6) is -0.693. The third-order valence-electron chi connectivity index (χ3n) is 4.87. The summed E-state index contributed by atoms with van der Waals surface area (Å²) >= 11 is 0. The topological polar surface area (TPSA) is 65.1 Å². The highest BCUT2D eigenvalue weighted by molar-refractivity contribution is 5.92. The van der Waals surface area contributed by atoms with E-state index in [2.05, 4.69) is 0 Å². The second-order valence-corrected chi connectivity index (χ2v) is 7.34. The number of carbonyl (C=O) groups excluding carboxylic acids is 2. The van der Waals surface area contributed by atoms with Crippen LogP contribution in [0, 0.1) is 5.82 Å². The average Bonchev–Trinajstić information content (AvgIpc) is 3.25. The highest BCUT2D eigenvalue weighted by Crippen LogP contribution is 2.17. The average molecular weight is 415 g/mol. The molecule has 0 saturated carbocycles. The molecule has 30 heavy (non-hydrogen) atoms. The van der Waals surface area contributed by atoms with Crippen molar-refractivity contribution in [1.82, 2.24) is 4.90 Å². The number of carbonyl (C=O) groups is 2. The van der Waals surface area contributed by atoms with Crippen LogP contribution < -0.4 is 4.74 Å². The van der Waals surface area contributed by atoms with Crippen LogP contribution in [0.25, 0.3) is 0 Å². The van der Waals surface area contributed by atoms with Crippen LogP contribution in [0.4, 0.5) is 4.39 Å². The monoisotopic (exact) mass is 415 g/mol. The van der Waals surface area contributed by atoms with Crippen molar-refractivity contribution < 1.29 is 28.2 Å². The smallest absolute Gasteiger partial charge is 0.338 e. The number of likely N-dealkylation sites (N-methyl/N-ethyl adjacent to an activating group) is 1. The predicted octanol–water partition coefficient (Wildman–Crippen LogP) is 3.59. The zero-order valence-electron chi connectivity index (χ0n) is 17.2. The van der Waals surface area contributed by atoms with Crippen LogP contribution in [-0.4, -0.2) is 49.2 Å². The quantitative estimate of drug-likeness (QED) is 0.617. The number of rotatable bonds is 8. The molecule has 160 valence electrons. The lowest BCUT2D eigenvalue weighted by atomic mass is 10.2. The van der Waals surface area contributed by atoms with Crippen LogP contribution in [0.3, 0.4) is 0 Å². The first-order chi connectivity index (χ1) is 14.4. The van der Waals surface area contributed by atoms with Crippen LogP contribution >= 0.6 is 0 Å². The van der Waals surface area contributed by atoms with Gasteiger partial charge in [-0.25, -0.2) is 9.18 Å². The number of nitrogens with zero attached hydrogens (tertiary/aromatic N) is 1. The minimum absolute atomic E-state index is 0.117. The van der Waals surface area contributed by atoms with Crippen molar-refractivity contribution in [2.24, 2.45) is 0 Å². The van der Waals surface area contributed by atoms with Crippen LogP contribution in [0.5, 0.6) is 5.75 Å². The maximum atomic E-state index is 13.3. The molecular formula is C23H26FNO5. The molecule has 0 spiro atoms. The summed E-state index contributed by atoms with van der Waals surface area (Å²) in [7, 11) is 1.58. The van der Waals surface area contributed by atoms with E-state index in [9.17, 15) is 14.0 Å². The van der Waals surface area contributed by atoms with Gasteiger partial charge in [0.25, 0.3) is 5.91 Å². The molecule has 0 radical (unpaired) electrons. The van der Waals surface area contributed by atoms with E-state index in [1.54, 1.807) is 43.4 Å². The molecule has 1 fully saturated rings. The van der Waals surface area contributed by atoms with E-state index >= 15 is 0 Å². The van der Waals surface area contributed by atoms with Gasteiger partial charge in [-0.15, -0.1) is 0 Å². The van der Waals surface area contributed by atoms with Gasteiger partial charge in [-0.05, 0) is 61.7 Å². The third-order valence-corrected chi connectivity index (χ3v) is 4.87. The zero-order chi connectivity index (χ0) is 21.5. The van der Waals surface area contributed by atoms with E-state index < -0.39 is 12.1 Å². The van der Waals surface area contributed by atoms with Gasteiger partial charge in [0.15, 0.2) is 6.10 Å². The van der Waals surface area contributed by atoms with E-state index in [0.29, 0.717) is 23.5 Å². The molecular weight excluding hydrogens is 389 g/mol. The molecule has 1 aliphatic rings. The molecule has 6 nitrogen and oxygen atoms in total. The maximum Gasteiger partial charge on any atom is 0.338 e. The molecule has 3 rings (SSSR count). The summed E-state index contributed by atoms with van der Waals surface area (Å²) in [5.41, 5.74) is 0.981. The summed E-state index contributed by atoms with van der Waals surface area (Å²) in [5, 5.41) is 0. The summed E-state index contributed by atoms with van der Waals surface area (Å²) in [6, 6.07) is 12.6. The lowest BCUT2D eigenvalue weighted by Crippen LogP contribution is -2.37.